The predicted octanol–water partition coefficient (Wildman–Crippen LogP) is 0.307. The van der Waals surface area contributed by atoms with E-state index in [-0.39, 0.29) is 13.2 Å². The Morgan fingerprint density at radius 3 is 2.44 bits per heavy atom. The fourth-order valence-corrected chi connectivity index (χ4v) is 1.38. The predicted molar refractivity (Wildman–Crippen MR) is 63.0 cm³/mol. The van der Waals surface area contributed by atoms with Crippen LogP contribution in [0.3, 0.4) is 0 Å². The zero-order chi connectivity index (χ0) is 11.8. The average Bonchev–Trinajstić information content (AvgIpc) is 2.33. The molecule has 0 saturated carbocycles. The van der Waals surface area contributed by atoms with Gasteiger partial charge in [-0.15, -0.1) is 0 Å². The van der Waals surface area contributed by atoms with E-state index in [1.807, 2.05) is 6.07 Å². The van der Waals surface area contributed by atoms with Crippen molar-refractivity contribution in [2.24, 2.45) is 0 Å². The molecule has 0 aliphatic heterocycles. The van der Waals surface area contributed by atoms with Crippen LogP contribution in [-0.4, -0.2) is 42.8 Å². The Hall–Kier alpha value is -1.59. The van der Waals surface area contributed by atoms with E-state index in [9.17, 15) is 4.79 Å². The molecular formula is C11H16N2O3. The minimum absolute atomic E-state index is 0.00731. The molecule has 16 heavy (non-hydrogen) atoms. The number of hydrogen-bond acceptors (Lipinski definition) is 5. The summed E-state index contributed by atoms with van der Waals surface area (Å²) in [7, 11) is 0. The molecule has 0 heterocycles. The average molecular weight is 224 g/mol. The maximum Gasteiger partial charge on any atom is 0.152 e. The Morgan fingerprint density at radius 2 is 1.81 bits per heavy atom. The molecule has 5 heteroatoms. The van der Waals surface area contributed by atoms with Gasteiger partial charge in [0.2, 0.25) is 0 Å². The van der Waals surface area contributed by atoms with Gasteiger partial charge in [0.15, 0.2) is 6.29 Å². The number of aliphatic hydroxyl groups is 2. The molecule has 0 fully saturated rings. The fraction of sp³-hybridized carbons (Fsp3) is 0.364. The van der Waals surface area contributed by atoms with Gasteiger partial charge in [-0.25, -0.2) is 0 Å². The van der Waals surface area contributed by atoms with Crippen molar-refractivity contribution in [3.05, 3.63) is 23.8 Å². The summed E-state index contributed by atoms with van der Waals surface area (Å²) in [5.74, 6) is 0. The Morgan fingerprint density at radius 1 is 1.12 bits per heavy atom. The summed E-state index contributed by atoms with van der Waals surface area (Å²) >= 11 is 0. The van der Waals surface area contributed by atoms with Gasteiger partial charge in [-0.3, -0.25) is 4.79 Å². The molecule has 0 aliphatic carbocycles. The standard InChI is InChI=1S/C11H16N2O3/c14-6-4-12-10-3-1-2-9(8-16)11(10)13-5-7-15/h1-3,8,12-15H,4-7H2. The van der Waals surface area contributed by atoms with Crippen LogP contribution in [0, 0.1) is 0 Å². The van der Waals surface area contributed by atoms with Crippen LogP contribution in [0.15, 0.2) is 18.2 Å². The Labute approximate surface area is 94.1 Å². The van der Waals surface area contributed by atoms with E-state index in [1.54, 1.807) is 12.1 Å². The molecule has 4 N–H and O–H groups in total. The molecule has 0 spiro atoms. The molecule has 0 radical (unpaired) electrons. The molecular weight excluding hydrogens is 208 g/mol. The van der Waals surface area contributed by atoms with E-state index in [0.29, 0.717) is 24.3 Å². The van der Waals surface area contributed by atoms with Crippen LogP contribution < -0.4 is 10.6 Å². The molecule has 0 amide bonds. The van der Waals surface area contributed by atoms with Crippen LogP contribution in [0.4, 0.5) is 11.4 Å². The highest BCUT2D eigenvalue weighted by Crippen LogP contribution is 2.24. The summed E-state index contributed by atoms with van der Waals surface area (Å²) in [5.41, 5.74) is 1.92. The van der Waals surface area contributed by atoms with E-state index in [2.05, 4.69) is 10.6 Å². The van der Waals surface area contributed by atoms with E-state index < -0.39 is 0 Å². The van der Waals surface area contributed by atoms with Crippen LogP contribution in [-0.2, 0) is 0 Å². The lowest BCUT2D eigenvalue weighted by Gasteiger charge is -2.14. The third-order valence-corrected chi connectivity index (χ3v) is 2.06. The first-order chi connectivity index (χ1) is 7.83. The van der Waals surface area contributed by atoms with E-state index in [4.69, 9.17) is 10.2 Å². The van der Waals surface area contributed by atoms with Gasteiger partial charge in [-0.1, -0.05) is 6.07 Å². The van der Waals surface area contributed by atoms with E-state index in [0.717, 1.165) is 12.0 Å². The van der Waals surface area contributed by atoms with Gasteiger partial charge < -0.3 is 20.8 Å². The smallest absolute Gasteiger partial charge is 0.152 e. The van der Waals surface area contributed by atoms with Crippen molar-refractivity contribution in [3.63, 3.8) is 0 Å². The number of hydrogen-bond donors (Lipinski definition) is 4. The van der Waals surface area contributed by atoms with Crippen LogP contribution in [0.2, 0.25) is 0 Å². The van der Waals surface area contributed by atoms with Crippen molar-refractivity contribution < 1.29 is 15.0 Å². The summed E-state index contributed by atoms with van der Waals surface area (Å²) in [6, 6.07) is 5.26. The zero-order valence-corrected chi connectivity index (χ0v) is 8.94. The summed E-state index contributed by atoms with van der Waals surface area (Å²) in [4.78, 5) is 10.8. The van der Waals surface area contributed by atoms with Crippen LogP contribution >= 0.6 is 0 Å². The third-order valence-electron chi connectivity index (χ3n) is 2.06. The van der Waals surface area contributed by atoms with Gasteiger partial charge in [0.25, 0.3) is 0 Å². The number of aldehydes is 1. The lowest BCUT2D eigenvalue weighted by molar-refractivity contribution is 0.112. The maximum atomic E-state index is 10.8. The zero-order valence-electron chi connectivity index (χ0n) is 8.94. The molecule has 0 bridgehead atoms. The quantitative estimate of drug-likeness (QED) is 0.501. The summed E-state index contributed by atoms with van der Waals surface area (Å²) in [6.07, 6.45) is 0.754. The molecule has 88 valence electrons. The molecule has 0 unspecified atom stereocenters. The first-order valence-electron chi connectivity index (χ1n) is 5.11. The maximum absolute atomic E-state index is 10.8. The number of carbonyl (C=O) groups excluding carboxylic acids is 1. The monoisotopic (exact) mass is 224 g/mol. The number of aliphatic hydroxyl groups excluding tert-OH is 2. The SMILES string of the molecule is O=Cc1cccc(NCCO)c1NCCO. The second kappa shape index (κ2) is 6.81. The van der Waals surface area contributed by atoms with Crippen molar-refractivity contribution in [1.29, 1.82) is 0 Å². The van der Waals surface area contributed by atoms with Crippen LogP contribution in [0.1, 0.15) is 10.4 Å². The molecule has 0 atom stereocenters. The van der Waals surface area contributed by atoms with Crippen LogP contribution in [0.25, 0.3) is 0 Å². The van der Waals surface area contributed by atoms with Crippen molar-refractivity contribution >= 4 is 17.7 Å². The number of para-hydroxylation sites is 1. The molecule has 1 aromatic carbocycles. The van der Waals surface area contributed by atoms with E-state index >= 15 is 0 Å². The molecule has 0 saturated heterocycles. The van der Waals surface area contributed by atoms with Crippen molar-refractivity contribution in [2.45, 2.75) is 0 Å². The molecule has 1 aromatic rings. The molecule has 1 rings (SSSR count). The highest BCUT2D eigenvalue weighted by molar-refractivity contribution is 5.90. The van der Waals surface area contributed by atoms with Gasteiger partial charge in [0, 0.05) is 18.7 Å². The van der Waals surface area contributed by atoms with Crippen molar-refractivity contribution in [3.8, 4) is 0 Å². The first-order valence-corrected chi connectivity index (χ1v) is 5.11. The summed E-state index contributed by atoms with van der Waals surface area (Å²) in [5, 5.41) is 23.4. The lowest BCUT2D eigenvalue weighted by atomic mass is 10.1. The number of benzene rings is 1. The van der Waals surface area contributed by atoms with Gasteiger partial charge in [-0.05, 0) is 12.1 Å². The minimum atomic E-state index is -0.00731. The van der Waals surface area contributed by atoms with Gasteiger partial charge >= 0.3 is 0 Å². The first kappa shape index (κ1) is 12.5. The second-order valence-electron chi connectivity index (χ2n) is 3.19. The largest absolute Gasteiger partial charge is 0.395 e. The van der Waals surface area contributed by atoms with Crippen molar-refractivity contribution in [1.82, 2.24) is 0 Å². The Balaban J connectivity index is 2.90. The number of nitrogens with one attached hydrogen (secondary N) is 2. The number of carbonyl (C=O) groups is 1. The topological polar surface area (TPSA) is 81.6 Å². The number of rotatable bonds is 7. The highest BCUT2D eigenvalue weighted by Gasteiger charge is 2.06. The van der Waals surface area contributed by atoms with Gasteiger partial charge in [0.1, 0.15) is 0 Å². The lowest BCUT2D eigenvalue weighted by Crippen LogP contribution is -2.12. The number of anilines is 2. The minimum Gasteiger partial charge on any atom is -0.395 e. The second-order valence-corrected chi connectivity index (χ2v) is 3.19. The van der Waals surface area contributed by atoms with Gasteiger partial charge in [0.05, 0.1) is 24.6 Å². The normalized spacial score (nSPS) is 9.88. The van der Waals surface area contributed by atoms with Crippen molar-refractivity contribution in [2.75, 3.05) is 36.9 Å². The fourth-order valence-electron chi connectivity index (χ4n) is 1.38. The summed E-state index contributed by atoms with van der Waals surface area (Å²) in [6.45, 7) is 0.798. The molecule has 0 aromatic heterocycles. The summed E-state index contributed by atoms with van der Waals surface area (Å²) < 4.78 is 0. The van der Waals surface area contributed by atoms with E-state index in [1.165, 1.54) is 0 Å². The van der Waals surface area contributed by atoms with Crippen LogP contribution in [0.5, 0.6) is 0 Å². The van der Waals surface area contributed by atoms with Gasteiger partial charge in [-0.2, -0.15) is 0 Å². The molecule has 5 nitrogen and oxygen atoms in total. The molecule has 0 aliphatic rings. The Bertz CT molecular complexity index is 342. The third kappa shape index (κ3) is 3.22. The highest BCUT2D eigenvalue weighted by atomic mass is 16.3. The Kier molecular flexibility index (Phi) is 5.31.